The van der Waals surface area contributed by atoms with Crippen LogP contribution in [0.2, 0.25) is 5.02 Å². The molecule has 2 aliphatic heterocycles. The minimum absolute atomic E-state index is 0.128. The SMILES string of the molecule is Nc1ccc(-c2cnc(C3CC(=O)C4C=C(c5cc(Cl)ccc5-n5cnnn5)C=CN43)[nH]2)cc1. The summed E-state index contributed by atoms with van der Waals surface area (Å²) in [6.07, 6.45) is 9.57. The van der Waals surface area contributed by atoms with Gasteiger partial charge in [-0.2, -0.15) is 4.68 Å². The van der Waals surface area contributed by atoms with E-state index in [1.807, 2.05) is 59.7 Å². The highest BCUT2D eigenvalue weighted by atomic mass is 35.5. The number of hydrogen-bond donors (Lipinski definition) is 2. The molecule has 1 fully saturated rings. The van der Waals surface area contributed by atoms with Crippen molar-refractivity contribution in [1.82, 2.24) is 35.1 Å². The molecule has 34 heavy (non-hydrogen) atoms. The van der Waals surface area contributed by atoms with Gasteiger partial charge in [0.1, 0.15) is 18.2 Å². The summed E-state index contributed by atoms with van der Waals surface area (Å²) >= 11 is 6.29. The fraction of sp³-hybridized carbons (Fsp3) is 0.125. The molecule has 0 spiro atoms. The van der Waals surface area contributed by atoms with Crippen LogP contribution in [-0.2, 0) is 4.79 Å². The molecule has 1 saturated heterocycles. The van der Waals surface area contributed by atoms with E-state index < -0.39 is 6.04 Å². The molecular weight excluding hydrogens is 452 g/mol. The predicted molar refractivity (Wildman–Crippen MR) is 128 cm³/mol. The van der Waals surface area contributed by atoms with Crippen molar-refractivity contribution in [2.45, 2.75) is 18.5 Å². The molecule has 9 nitrogen and oxygen atoms in total. The van der Waals surface area contributed by atoms with Crippen molar-refractivity contribution in [2.75, 3.05) is 5.73 Å². The number of nitrogens with zero attached hydrogens (tertiary/aromatic N) is 6. The Kier molecular flexibility index (Phi) is 4.77. The lowest BCUT2D eigenvalue weighted by Gasteiger charge is -2.28. The summed E-state index contributed by atoms with van der Waals surface area (Å²) in [4.78, 5) is 23.0. The number of nitrogen functional groups attached to an aromatic ring is 1. The van der Waals surface area contributed by atoms with E-state index in [0.717, 1.165) is 33.9 Å². The number of Topliss-reactive ketones (excluding diaryl/α,β-unsaturated/α-hetero) is 1. The number of aromatic amines is 1. The Labute approximate surface area is 199 Å². The van der Waals surface area contributed by atoms with Crippen molar-refractivity contribution in [3.63, 3.8) is 0 Å². The number of hydrogen-bond acceptors (Lipinski definition) is 7. The lowest BCUT2D eigenvalue weighted by atomic mass is 9.98. The summed E-state index contributed by atoms with van der Waals surface area (Å²) in [5, 5.41) is 12.0. The Bertz CT molecular complexity index is 1440. The largest absolute Gasteiger partial charge is 0.399 e. The number of anilines is 1. The fourth-order valence-electron chi connectivity index (χ4n) is 4.49. The van der Waals surface area contributed by atoms with E-state index in [1.54, 1.807) is 16.9 Å². The third-order valence-electron chi connectivity index (χ3n) is 6.17. The molecule has 2 unspecified atom stereocenters. The molecule has 2 aliphatic rings. The maximum Gasteiger partial charge on any atom is 0.161 e. The molecule has 0 bridgehead atoms. The summed E-state index contributed by atoms with van der Waals surface area (Å²) in [5.74, 6) is 0.879. The van der Waals surface area contributed by atoms with Crippen LogP contribution in [-0.4, -0.2) is 46.9 Å². The smallest absolute Gasteiger partial charge is 0.161 e. The van der Waals surface area contributed by atoms with Gasteiger partial charge in [-0.3, -0.25) is 4.79 Å². The Morgan fingerprint density at radius 2 is 2.00 bits per heavy atom. The third-order valence-corrected chi connectivity index (χ3v) is 6.40. The quantitative estimate of drug-likeness (QED) is 0.437. The number of benzene rings is 2. The van der Waals surface area contributed by atoms with E-state index in [0.29, 0.717) is 17.1 Å². The van der Waals surface area contributed by atoms with Crippen molar-refractivity contribution >= 4 is 28.6 Å². The van der Waals surface area contributed by atoms with E-state index in [2.05, 4.69) is 25.5 Å². The second kappa shape index (κ2) is 7.96. The van der Waals surface area contributed by atoms with Crippen molar-refractivity contribution in [3.05, 3.63) is 89.8 Å². The highest BCUT2D eigenvalue weighted by Crippen LogP contribution is 2.39. The number of H-pyrrole nitrogens is 1. The molecule has 0 amide bonds. The molecular formula is C24H19ClN8O. The standard InChI is InChI=1S/C24H19ClN8O/c25-16-3-6-20(33-13-28-30-31-33)18(10-16)15-7-8-32-21(9-15)23(34)11-22(32)24-27-12-19(29-24)14-1-4-17(26)5-2-14/h1-10,12-13,21-22H,11,26H2,(H,27,29). The normalized spacial score (nSPS) is 19.4. The Morgan fingerprint density at radius 1 is 1.15 bits per heavy atom. The minimum Gasteiger partial charge on any atom is -0.399 e. The summed E-state index contributed by atoms with van der Waals surface area (Å²) < 4.78 is 1.58. The average Bonchev–Trinajstić information content (AvgIpc) is 3.60. The van der Waals surface area contributed by atoms with Crippen LogP contribution in [0.4, 0.5) is 5.69 Å². The number of nitrogens with one attached hydrogen (secondary N) is 1. The van der Waals surface area contributed by atoms with Crippen molar-refractivity contribution < 1.29 is 4.79 Å². The summed E-state index contributed by atoms with van der Waals surface area (Å²) in [6, 6.07) is 12.5. The zero-order chi connectivity index (χ0) is 23.2. The monoisotopic (exact) mass is 470 g/mol. The molecule has 3 N–H and O–H groups in total. The average molecular weight is 471 g/mol. The lowest BCUT2D eigenvalue weighted by molar-refractivity contribution is -0.118. The van der Waals surface area contributed by atoms with Gasteiger partial charge in [-0.05, 0) is 64.0 Å². The number of fused-ring (bicyclic) bond motifs is 1. The van der Waals surface area contributed by atoms with Crippen molar-refractivity contribution in [2.24, 2.45) is 0 Å². The fourth-order valence-corrected chi connectivity index (χ4v) is 4.66. The number of aromatic nitrogens is 6. The molecule has 4 aromatic rings. The van der Waals surface area contributed by atoms with Gasteiger partial charge in [0.2, 0.25) is 0 Å². The van der Waals surface area contributed by atoms with Gasteiger partial charge in [-0.1, -0.05) is 23.7 Å². The van der Waals surface area contributed by atoms with Gasteiger partial charge in [0.15, 0.2) is 5.78 Å². The molecule has 2 atom stereocenters. The number of rotatable bonds is 4. The first-order valence-corrected chi connectivity index (χ1v) is 11.1. The molecule has 168 valence electrons. The molecule has 2 aromatic heterocycles. The number of carbonyl (C=O) groups is 1. The molecule has 10 heteroatoms. The highest BCUT2D eigenvalue weighted by Gasteiger charge is 2.41. The maximum atomic E-state index is 13.0. The molecule has 0 saturated carbocycles. The van der Waals surface area contributed by atoms with Gasteiger partial charge in [-0.25, -0.2) is 4.98 Å². The first-order valence-electron chi connectivity index (χ1n) is 10.7. The summed E-state index contributed by atoms with van der Waals surface area (Å²) in [6.45, 7) is 0. The number of halogens is 1. The van der Waals surface area contributed by atoms with E-state index >= 15 is 0 Å². The van der Waals surface area contributed by atoms with Gasteiger partial charge >= 0.3 is 0 Å². The van der Waals surface area contributed by atoms with E-state index in [1.165, 1.54) is 6.33 Å². The number of nitrogens with two attached hydrogens (primary N) is 1. The van der Waals surface area contributed by atoms with Gasteiger partial charge in [0.25, 0.3) is 0 Å². The molecule has 4 heterocycles. The number of carbonyl (C=O) groups excluding carboxylic acids is 1. The molecule has 0 radical (unpaired) electrons. The first kappa shape index (κ1) is 20.4. The number of ketones is 1. The van der Waals surface area contributed by atoms with Gasteiger partial charge in [-0.15, -0.1) is 5.10 Å². The zero-order valence-electron chi connectivity index (χ0n) is 17.8. The van der Waals surface area contributed by atoms with Crippen LogP contribution in [0.1, 0.15) is 23.9 Å². The second-order valence-corrected chi connectivity index (χ2v) is 8.67. The van der Waals surface area contributed by atoms with E-state index in [4.69, 9.17) is 17.3 Å². The van der Waals surface area contributed by atoms with Crippen LogP contribution >= 0.6 is 11.6 Å². The second-order valence-electron chi connectivity index (χ2n) is 8.24. The number of imidazole rings is 1. The summed E-state index contributed by atoms with van der Waals surface area (Å²) in [7, 11) is 0. The minimum atomic E-state index is -0.393. The highest BCUT2D eigenvalue weighted by molar-refractivity contribution is 6.30. The van der Waals surface area contributed by atoms with Crippen LogP contribution in [0.3, 0.4) is 0 Å². The van der Waals surface area contributed by atoms with Gasteiger partial charge in [0, 0.05) is 28.9 Å². The predicted octanol–water partition coefficient (Wildman–Crippen LogP) is 3.58. The van der Waals surface area contributed by atoms with Gasteiger partial charge < -0.3 is 15.6 Å². The van der Waals surface area contributed by atoms with E-state index in [-0.39, 0.29) is 11.8 Å². The maximum absolute atomic E-state index is 13.0. The van der Waals surface area contributed by atoms with Crippen LogP contribution in [0, 0.1) is 0 Å². The van der Waals surface area contributed by atoms with Crippen LogP contribution < -0.4 is 5.73 Å². The zero-order valence-corrected chi connectivity index (χ0v) is 18.6. The Morgan fingerprint density at radius 3 is 2.79 bits per heavy atom. The van der Waals surface area contributed by atoms with E-state index in [9.17, 15) is 4.79 Å². The van der Waals surface area contributed by atoms with Crippen molar-refractivity contribution in [3.8, 4) is 16.9 Å². The van der Waals surface area contributed by atoms with Gasteiger partial charge in [0.05, 0.1) is 23.6 Å². The molecule has 6 rings (SSSR count). The lowest BCUT2D eigenvalue weighted by Crippen LogP contribution is -2.30. The Hall–Kier alpha value is -4.24. The number of tetrazole rings is 1. The van der Waals surface area contributed by atoms with Crippen molar-refractivity contribution in [1.29, 1.82) is 0 Å². The first-order chi connectivity index (χ1) is 16.6. The summed E-state index contributed by atoms with van der Waals surface area (Å²) in [5.41, 5.74) is 10.9. The molecule has 2 aromatic carbocycles. The van der Waals surface area contributed by atoms with Crippen LogP contribution in [0.5, 0.6) is 0 Å². The number of allylic oxidation sites excluding steroid dienone is 2. The topological polar surface area (TPSA) is 119 Å². The third kappa shape index (κ3) is 3.46. The molecule has 0 aliphatic carbocycles. The Balaban J connectivity index is 1.31. The van der Waals surface area contributed by atoms with Crippen LogP contribution in [0.25, 0.3) is 22.5 Å². The van der Waals surface area contributed by atoms with Crippen LogP contribution in [0.15, 0.2) is 73.3 Å².